The lowest BCUT2D eigenvalue weighted by Gasteiger charge is -2.08. The average Bonchev–Trinajstić information content (AvgIpc) is 2.97. The Morgan fingerprint density at radius 2 is 1.85 bits per heavy atom. The molecule has 8 heteroatoms. The molecule has 3 rings (SSSR count). The lowest BCUT2D eigenvalue weighted by atomic mass is 10.2. The van der Waals surface area contributed by atoms with E-state index in [4.69, 9.17) is 4.74 Å². The summed E-state index contributed by atoms with van der Waals surface area (Å²) in [5.41, 5.74) is 1.04. The standard InChI is InChI=1S/C18H21N5O3/c1-5-22-16-15(17(24)23(6-2)18(22)25)21(3)13(20-16)9-7-12-8-10-14(26-4)19-11-12/h7-11H,5-6H2,1-4H3/b9-7+. The van der Waals surface area contributed by atoms with Crippen LogP contribution in [0, 0.1) is 0 Å². The molecule has 0 radical (unpaired) electrons. The predicted octanol–water partition coefficient (Wildman–Crippen LogP) is 1.51. The Labute approximate surface area is 150 Å². The Morgan fingerprint density at radius 3 is 2.42 bits per heavy atom. The number of rotatable bonds is 5. The molecule has 0 fully saturated rings. The first-order valence-corrected chi connectivity index (χ1v) is 8.40. The van der Waals surface area contributed by atoms with Gasteiger partial charge in [0.25, 0.3) is 5.56 Å². The molecule has 3 aromatic heterocycles. The van der Waals surface area contributed by atoms with Crippen LogP contribution in [0.2, 0.25) is 0 Å². The van der Waals surface area contributed by atoms with E-state index < -0.39 is 0 Å². The van der Waals surface area contributed by atoms with E-state index in [-0.39, 0.29) is 11.2 Å². The maximum Gasteiger partial charge on any atom is 0.332 e. The van der Waals surface area contributed by atoms with Gasteiger partial charge in [0.15, 0.2) is 11.2 Å². The van der Waals surface area contributed by atoms with Crippen molar-refractivity contribution in [2.75, 3.05) is 7.11 Å². The summed E-state index contributed by atoms with van der Waals surface area (Å²) in [6.07, 6.45) is 5.33. The van der Waals surface area contributed by atoms with E-state index in [1.165, 1.54) is 9.13 Å². The van der Waals surface area contributed by atoms with Crippen molar-refractivity contribution in [3.05, 3.63) is 50.6 Å². The number of aromatic nitrogens is 5. The molecule has 136 valence electrons. The van der Waals surface area contributed by atoms with Crippen LogP contribution >= 0.6 is 0 Å². The van der Waals surface area contributed by atoms with Crippen molar-refractivity contribution in [1.29, 1.82) is 0 Å². The first kappa shape index (κ1) is 17.7. The summed E-state index contributed by atoms with van der Waals surface area (Å²) in [5, 5.41) is 0. The van der Waals surface area contributed by atoms with E-state index in [0.717, 1.165) is 5.56 Å². The molecule has 0 saturated carbocycles. The van der Waals surface area contributed by atoms with Crippen molar-refractivity contribution in [3.8, 4) is 5.88 Å². The third-order valence-corrected chi connectivity index (χ3v) is 4.30. The summed E-state index contributed by atoms with van der Waals surface area (Å²) < 4.78 is 9.50. The van der Waals surface area contributed by atoms with Crippen LogP contribution in [0.25, 0.3) is 23.3 Å². The Balaban J connectivity index is 2.14. The molecule has 0 unspecified atom stereocenters. The monoisotopic (exact) mass is 355 g/mol. The fraction of sp³-hybridized carbons (Fsp3) is 0.333. The fourth-order valence-electron chi connectivity index (χ4n) is 2.87. The number of methoxy groups -OCH3 is 1. The summed E-state index contributed by atoms with van der Waals surface area (Å²) in [6, 6.07) is 3.64. The van der Waals surface area contributed by atoms with Gasteiger partial charge < -0.3 is 9.30 Å². The SMILES string of the molecule is CCn1c(=O)c2c(nc(/C=C/c3ccc(OC)nc3)n2C)n(CC)c1=O. The molecule has 0 aliphatic carbocycles. The second-order valence-electron chi connectivity index (χ2n) is 5.74. The first-order chi connectivity index (χ1) is 12.5. The van der Waals surface area contributed by atoms with Gasteiger partial charge >= 0.3 is 5.69 Å². The number of aryl methyl sites for hydroxylation is 2. The maximum atomic E-state index is 12.7. The molecule has 3 heterocycles. The van der Waals surface area contributed by atoms with Crippen molar-refractivity contribution in [1.82, 2.24) is 23.7 Å². The highest BCUT2D eigenvalue weighted by Gasteiger charge is 2.17. The zero-order valence-electron chi connectivity index (χ0n) is 15.3. The molecule has 3 aromatic rings. The Hall–Kier alpha value is -3.16. The topological polar surface area (TPSA) is 83.9 Å². The second kappa shape index (κ2) is 6.99. The number of ether oxygens (including phenoxy) is 1. The van der Waals surface area contributed by atoms with Crippen molar-refractivity contribution in [2.45, 2.75) is 26.9 Å². The number of fused-ring (bicyclic) bond motifs is 1. The first-order valence-electron chi connectivity index (χ1n) is 8.40. The molecular formula is C18H21N5O3. The van der Waals surface area contributed by atoms with Gasteiger partial charge in [-0.2, -0.15) is 0 Å². The van der Waals surface area contributed by atoms with Gasteiger partial charge in [0.05, 0.1) is 7.11 Å². The Kier molecular flexibility index (Phi) is 4.75. The van der Waals surface area contributed by atoms with Crippen LogP contribution in [-0.2, 0) is 20.1 Å². The summed E-state index contributed by atoms with van der Waals surface area (Å²) in [4.78, 5) is 33.8. The van der Waals surface area contributed by atoms with E-state index in [1.807, 2.05) is 19.1 Å². The van der Waals surface area contributed by atoms with Gasteiger partial charge in [-0.25, -0.2) is 14.8 Å². The molecule has 0 aliphatic rings. The van der Waals surface area contributed by atoms with Crippen LogP contribution in [0.15, 0.2) is 27.9 Å². The molecular weight excluding hydrogens is 334 g/mol. The number of hydrogen-bond acceptors (Lipinski definition) is 5. The van der Waals surface area contributed by atoms with E-state index in [9.17, 15) is 9.59 Å². The van der Waals surface area contributed by atoms with Crippen LogP contribution in [0.1, 0.15) is 25.2 Å². The summed E-state index contributed by atoms with van der Waals surface area (Å²) >= 11 is 0. The van der Waals surface area contributed by atoms with Gasteiger partial charge in [0.2, 0.25) is 5.88 Å². The van der Waals surface area contributed by atoms with Gasteiger partial charge in [-0.15, -0.1) is 0 Å². The van der Waals surface area contributed by atoms with Crippen molar-refractivity contribution in [2.24, 2.45) is 7.05 Å². The Bertz CT molecular complexity index is 1090. The minimum Gasteiger partial charge on any atom is -0.481 e. The Morgan fingerprint density at radius 1 is 1.12 bits per heavy atom. The average molecular weight is 355 g/mol. The van der Waals surface area contributed by atoms with Gasteiger partial charge in [-0.3, -0.25) is 13.9 Å². The number of imidazole rings is 1. The maximum absolute atomic E-state index is 12.7. The van der Waals surface area contributed by atoms with Gasteiger partial charge in [-0.1, -0.05) is 0 Å². The van der Waals surface area contributed by atoms with Crippen molar-refractivity contribution < 1.29 is 4.74 Å². The predicted molar refractivity (Wildman–Crippen MR) is 100 cm³/mol. The zero-order valence-corrected chi connectivity index (χ0v) is 15.3. The van der Waals surface area contributed by atoms with Crippen LogP contribution in [0.5, 0.6) is 5.88 Å². The van der Waals surface area contributed by atoms with Gasteiger partial charge in [0.1, 0.15) is 5.82 Å². The highest BCUT2D eigenvalue weighted by atomic mass is 16.5. The highest BCUT2D eigenvalue weighted by molar-refractivity contribution is 5.76. The quantitative estimate of drug-likeness (QED) is 0.693. The van der Waals surface area contributed by atoms with E-state index in [0.29, 0.717) is 36.0 Å². The highest BCUT2D eigenvalue weighted by Crippen LogP contribution is 2.14. The molecule has 0 saturated heterocycles. The van der Waals surface area contributed by atoms with Crippen molar-refractivity contribution in [3.63, 3.8) is 0 Å². The van der Waals surface area contributed by atoms with Gasteiger partial charge in [0, 0.05) is 32.4 Å². The van der Waals surface area contributed by atoms with Crippen molar-refractivity contribution >= 4 is 23.3 Å². The lowest BCUT2D eigenvalue weighted by molar-refractivity contribution is 0.398. The molecule has 0 aliphatic heterocycles. The van der Waals surface area contributed by atoms with Crippen LogP contribution in [-0.4, -0.2) is 30.8 Å². The second-order valence-corrected chi connectivity index (χ2v) is 5.74. The molecule has 0 atom stereocenters. The molecule has 0 N–H and O–H groups in total. The molecule has 8 nitrogen and oxygen atoms in total. The minimum absolute atomic E-state index is 0.321. The zero-order chi connectivity index (χ0) is 18.8. The molecule has 0 bridgehead atoms. The molecule has 0 aromatic carbocycles. The number of pyridine rings is 1. The molecule has 0 spiro atoms. The smallest absolute Gasteiger partial charge is 0.332 e. The van der Waals surface area contributed by atoms with Gasteiger partial charge in [-0.05, 0) is 37.6 Å². The van der Waals surface area contributed by atoms with E-state index >= 15 is 0 Å². The summed E-state index contributed by atoms with van der Waals surface area (Å²) in [5.74, 6) is 1.13. The largest absolute Gasteiger partial charge is 0.481 e. The fourth-order valence-corrected chi connectivity index (χ4v) is 2.87. The third kappa shape index (κ3) is 2.83. The molecule has 0 amide bonds. The minimum atomic E-state index is -0.333. The summed E-state index contributed by atoms with van der Waals surface area (Å²) in [6.45, 7) is 4.40. The van der Waals surface area contributed by atoms with Crippen LogP contribution in [0.4, 0.5) is 0 Å². The normalized spacial score (nSPS) is 11.5. The third-order valence-electron chi connectivity index (χ3n) is 4.30. The van der Waals surface area contributed by atoms with Crippen LogP contribution < -0.4 is 16.0 Å². The lowest BCUT2D eigenvalue weighted by Crippen LogP contribution is -2.39. The van der Waals surface area contributed by atoms with E-state index in [2.05, 4.69) is 9.97 Å². The molecule has 26 heavy (non-hydrogen) atoms. The summed E-state index contributed by atoms with van der Waals surface area (Å²) in [7, 11) is 3.33. The number of nitrogens with zero attached hydrogens (tertiary/aromatic N) is 5. The van der Waals surface area contributed by atoms with Crippen LogP contribution in [0.3, 0.4) is 0 Å². The number of hydrogen-bond donors (Lipinski definition) is 0. The van der Waals surface area contributed by atoms with E-state index in [1.54, 1.807) is 44.0 Å².